The molecule has 134 valence electrons. The minimum absolute atomic E-state index is 0.0804. The van der Waals surface area contributed by atoms with E-state index >= 15 is 0 Å². The first-order chi connectivity index (χ1) is 12.1. The molecule has 2 fully saturated rings. The fourth-order valence-electron chi connectivity index (χ4n) is 3.67. The van der Waals surface area contributed by atoms with Crippen LogP contribution in [0.5, 0.6) is 11.5 Å². The van der Waals surface area contributed by atoms with Crippen LogP contribution in [0, 0.1) is 0 Å². The Morgan fingerprint density at radius 2 is 2.16 bits per heavy atom. The number of nitrogens with zero attached hydrogens (tertiary/aromatic N) is 2. The molecule has 1 aromatic rings. The number of carbonyl (C=O) groups is 2. The number of carbonyl (C=O) groups excluding carboxylic acids is 2. The van der Waals surface area contributed by atoms with Gasteiger partial charge in [0.25, 0.3) is 5.91 Å². The fraction of sp³-hybridized carbons (Fsp3) is 0.529. The van der Waals surface area contributed by atoms with E-state index in [2.05, 4.69) is 5.32 Å². The lowest BCUT2D eigenvalue weighted by Crippen LogP contribution is -2.57. The first kappa shape index (κ1) is 16.5. The third-order valence-electron chi connectivity index (χ3n) is 4.92. The highest BCUT2D eigenvalue weighted by Gasteiger charge is 2.32. The normalized spacial score (nSPS) is 23.1. The number of amides is 2. The second-order valence-electron chi connectivity index (χ2n) is 6.50. The summed E-state index contributed by atoms with van der Waals surface area (Å²) < 4.78 is 10.6. The molecule has 3 aliphatic rings. The summed E-state index contributed by atoms with van der Waals surface area (Å²) in [5.41, 5.74) is 0.488. The van der Waals surface area contributed by atoms with Crippen LogP contribution in [0.2, 0.25) is 5.02 Å². The fourth-order valence-corrected chi connectivity index (χ4v) is 3.94. The zero-order chi connectivity index (χ0) is 17.4. The number of fused-ring (bicyclic) bond motifs is 1. The van der Waals surface area contributed by atoms with Crippen LogP contribution in [0.1, 0.15) is 23.2 Å². The molecule has 0 bridgehead atoms. The van der Waals surface area contributed by atoms with Gasteiger partial charge < -0.3 is 24.6 Å². The molecule has 8 heteroatoms. The average Bonchev–Trinajstić information content (AvgIpc) is 3.11. The molecule has 4 rings (SSSR count). The number of hydrogen-bond donors (Lipinski definition) is 1. The van der Waals surface area contributed by atoms with Gasteiger partial charge >= 0.3 is 0 Å². The van der Waals surface area contributed by atoms with Crippen molar-refractivity contribution in [3.05, 3.63) is 22.7 Å². The van der Waals surface area contributed by atoms with E-state index in [0.717, 1.165) is 19.4 Å². The third-order valence-corrected chi connectivity index (χ3v) is 5.21. The molecule has 7 nitrogen and oxygen atoms in total. The van der Waals surface area contributed by atoms with Gasteiger partial charge in [0.1, 0.15) is 0 Å². The van der Waals surface area contributed by atoms with Crippen molar-refractivity contribution in [2.24, 2.45) is 0 Å². The molecule has 0 spiro atoms. The molecule has 0 saturated carbocycles. The van der Waals surface area contributed by atoms with Crippen molar-refractivity contribution in [2.45, 2.75) is 18.9 Å². The van der Waals surface area contributed by atoms with Crippen LogP contribution in [0.15, 0.2) is 12.1 Å². The summed E-state index contributed by atoms with van der Waals surface area (Å²) in [6.45, 7) is 3.22. The quantitative estimate of drug-likeness (QED) is 0.850. The largest absolute Gasteiger partial charge is 0.454 e. The van der Waals surface area contributed by atoms with Gasteiger partial charge in [0.15, 0.2) is 11.5 Å². The van der Waals surface area contributed by atoms with E-state index in [0.29, 0.717) is 48.3 Å². The standard InChI is InChI=1S/C17H20ClN3O4/c18-13-6-11(7-14-16(13)25-10-24-14)17(23)20-4-1-2-12(9-20)21-5-3-19-8-15(21)22/h6-7,12,19H,1-5,8-10H2. The number of ether oxygens (including phenoxy) is 2. The van der Waals surface area contributed by atoms with Gasteiger partial charge in [-0.15, -0.1) is 0 Å². The van der Waals surface area contributed by atoms with Gasteiger partial charge in [-0.05, 0) is 25.0 Å². The Morgan fingerprint density at radius 3 is 3.00 bits per heavy atom. The molecule has 1 aromatic carbocycles. The Hall–Kier alpha value is -1.99. The molecule has 3 heterocycles. The van der Waals surface area contributed by atoms with Gasteiger partial charge in [0.05, 0.1) is 11.6 Å². The number of benzene rings is 1. The van der Waals surface area contributed by atoms with Crippen LogP contribution in [-0.2, 0) is 4.79 Å². The van der Waals surface area contributed by atoms with Gasteiger partial charge in [-0.1, -0.05) is 11.6 Å². The van der Waals surface area contributed by atoms with E-state index in [1.165, 1.54) is 0 Å². The highest BCUT2D eigenvalue weighted by atomic mass is 35.5. The van der Waals surface area contributed by atoms with Gasteiger partial charge in [0, 0.05) is 37.8 Å². The predicted octanol–water partition coefficient (Wildman–Crippen LogP) is 1.11. The van der Waals surface area contributed by atoms with Crippen molar-refractivity contribution in [2.75, 3.05) is 39.5 Å². The smallest absolute Gasteiger partial charge is 0.254 e. The monoisotopic (exact) mass is 365 g/mol. The maximum absolute atomic E-state index is 12.9. The number of nitrogens with one attached hydrogen (secondary N) is 1. The molecule has 1 atom stereocenters. The molecule has 0 aromatic heterocycles. The van der Waals surface area contributed by atoms with E-state index in [4.69, 9.17) is 21.1 Å². The number of halogens is 1. The summed E-state index contributed by atoms with van der Waals surface area (Å²) in [5, 5.41) is 3.46. The molecule has 3 aliphatic heterocycles. The first-order valence-electron chi connectivity index (χ1n) is 8.52. The third kappa shape index (κ3) is 3.14. The van der Waals surface area contributed by atoms with E-state index in [9.17, 15) is 9.59 Å². The van der Waals surface area contributed by atoms with Crippen LogP contribution in [0.25, 0.3) is 0 Å². The Balaban J connectivity index is 1.50. The summed E-state index contributed by atoms with van der Waals surface area (Å²) in [6, 6.07) is 3.38. The van der Waals surface area contributed by atoms with Gasteiger partial charge in [-0.2, -0.15) is 0 Å². The molecule has 2 amide bonds. The topological polar surface area (TPSA) is 71.1 Å². The summed E-state index contributed by atoms with van der Waals surface area (Å²) in [4.78, 5) is 28.7. The van der Waals surface area contributed by atoms with E-state index in [1.807, 2.05) is 4.90 Å². The number of piperazine rings is 1. The number of rotatable bonds is 2. The Kier molecular flexibility index (Phi) is 4.43. The lowest BCUT2D eigenvalue weighted by Gasteiger charge is -2.41. The number of piperidine rings is 1. The van der Waals surface area contributed by atoms with Crippen molar-refractivity contribution < 1.29 is 19.1 Å². The van der Waals surface area contributed by atoms with E-state index in [-0.39, 0.29) is 24.6 Å². The zero-order valence-corrected chi connectivity index (χ0v) is 14.6. The molecule has 0 aliphatic carbocycles. The Morgan fingerprint density at radius 1 is 1.28 bits per heavy atom. The molecule has 25 heavy (non-hydrogen) atoms. The van der Waals surface area contributed by atoms with Crippen molar-refractivity contribution in [1.29, 1.82) is 0 Å². The molecule has 2 saturated heterocycles. The highest BCUT2D eigenvalue weighted by molar-refractivity contribution is 6.32. The highest BCUT2D eigenvalue weighted by Crippen LogP contribution is 2.40. The maximum atomic E-state index is 12.9. The number of hydrogen-bond acceptors (Lipinski definition) is 5. The average molecular weight is 366 g/mol. The van der Waals surface area contributed by atoms with Crippen molar-refractivity contribution >= 4 is 23.4 Å². The molecule has 1 N–H and O–H groups in total. The molecular formula is C17H20ClN3O4. The van der Waals surface area contributed by atoms with E-state index < -0.39 is 0 Å². The summed E-state index contributed by atoms with van der Waals surface area (Å²) in [6.07, 6.45) is 1.81. The van der Waals surface area contributed by atoms with Gasteiger partial charge in [0.2, 0.25) is 12.7 Å². The summed E-state index contributed by atoms with van der Waals surface area (Å²) in [7, 11) is 0. The van der Waals surface area contributed by atoms with E-state index in [1.54, 1.807) is 17.0 Å². The maximum Gasteiger partial charge on any atom is 0.254 e. The van der Waals surface area contributed by atoms with Crippen LogP contribution in [0.3, 0.4) is 0 Å². The van der Waals surface area contributed by atoms with Crippen molar-refractivity contribution in [1.82, 2.24) is 15.1 Å². The van der Waals surface area contributed by atoms with Crippen molar-refractivity contribution in [3.8, 4) is 11.5 Å². The lowest BCUT2D eigenvalue weighted by molar-refractivity contribution is -0.135. The summed E-state index contributed by atoms with van der Waals surface area (Å²) in [5.74, 6) is 1.01. The second-order valence-corrected chi connectivity index (χ2v) is 6.91. The minimum atomic E-state index is -0.0903. The van der Waals surface area contributed by atoms with Gasteiger partial charge in [-0.3, -0.25) is 9.59 Å². The predicted molar refractivity (Wildman–Crippen MR) is 91.1 cm³/mol. The Bertz CT molecular complexity index is 711. The Labute approximate surface area is 150 Å². The number of likely N-dealkylation sites (tertiary alicyclic amines) is 1. The molecule has 1 unspecified atom stereocenters. The minimum Gasteiger partial charge on any atom is -0.454 e. The van der Waals surface area contributed by atoms with Gasteiger partial charge in [-0.25, -0.2) is 0 Å². The lowest BCUT2D eigenvalue weighted by atomic mass is 10.0. The molecule has 0 radical (unpaired) electrons. The van der Waals surface area contributed by atoms with Crippen LogP contribution < -0.4 is 14.8 Å². The van der Waals surface area contributed by atoms with Crippen LogP contribution in [-0.4, -0.2) is 67.2 Å². The zero-order valence-electron chi connectivity index (χ0n) is 13.8. The second kappa shape index (κ2) is 6.72. The van der Waals surface area contributed by atoms with Crippen molar-refractivity contribution in [3.63, 3.8) is 0 Å². The van der Waals surface area contributed by atoms with Crippen LogP contribution in [0.4, 0.5) is 0 Å². The van der Waals surface area contributed by atoms with Crippen LogP contribution >= 0.6 is 11.6 Å². The SMILES string of the molecule is O=C(c1cc(Cl)c2c(c1)OCO2)N1CCCC(N2CCNCC2=O)C1. The summed E-state index contributed by atoms with van der Waals surface area (Å²) >= 11 is 6.19. The first-order valence-corrected chi connectivity index (χ1v) is 8.90. The molecular weight excluding hydrogens is 346 g/mol.